The molecule has 2 N–H and O–H groups in total. The number of hydrogen-bond acceptors (Lipinski definition) is 2. The summed E-state index contributed by atoms with van der Waals surface area (Å²) < 4.78 is 17.9. The average Bonchev–Trinajstić information content (AvgIpc) is 2.43. The highest BCUT2D eigenvalue weighted by atomic mass is 19.1. The summed E-state index contributed by atoms with van der Waals surface area (Å²) in [5.41, 5.74) is 0. The van der Waals surface area contributed by atoms with E-state index in [1.807, 2.05) is 0 Å². The summed E-state index contributed by atoms with van der Waals surface area (Å²) in [4.78, 5) is 13.0. The predicted molar refractivity (Wildman–Crippen MR) is 71.8 cm³/mol. The number of quaternary nitrogens is 1. The lowest BCUT2D eigenvalue weighted by Gasteiger charge is -2.15. The molecule has 0 saturated heterocycles. The Labute approximate surface area is 113 Å². The second-order valence-electron chi connectivity index (χ2n) is 4.30. The summed E-state index contributed by atoms with van der Waals surface area (Å²) in [7, 11) is 0. The minimum absolute atomic E-state index is 0.0424. The van der Waals surface area contributed by atoms with Gasteiger partial charge < -0.3 is 15.0 Å². The van der Waals surface area contributed by atoms with Gasteiger partial charge in [-0.25, -0.2) is 4.39 Å². The minimum atomic E-state index is -0.320. The van der Waals surface area contributed by atoms with Gasteiger partial charge in [-0.2, -0.15) is 0 Å². The maximum atomic E-state index is 12.7. The molecular formula is C14H22FN2O2+. The van der Waals surface area contributed by atoms with Gasteiger partial charge in [0.05, 0.1) is 26.2 Å². The number of amides is 1. The number of likely N-dealkylation sites (N-methyl/N-ethyl adjacent to an activating group) is 1. The molecular weight excluding hydrogens is 247 g/mol. The quantitative estimate of drug-likeness (QED) is 0.710. The van der Waals surface area contributed by atoms with Crippen LogP contribution in [0.5, 0.6) is 5.75 Å². The number of ether oxygens (including phenoxy) is 1. The molecule has 4 nitrogen and oxygen atoms in total. The summed E-state index contributed by atoms with van der Waals surface area (Å²) in [5.74, 6) is 0.0146. The Bertz CT molecular complexity index is 378. The van der Waals surface area contributed by atoms with Gasteiger partial charge in [-0.15, -0.1) is 0 Å². The van der Waals surface area contributed by atoms with Crippen LogP contribution in [0.15, 0.2) is 24.3 Å². The smallest absolute Gasteiger partial charge is 0.258 e. The topological polar surface area (TPSA) is 42.8 Å². The fourth-order valence-corrected chi connectivity index (χ4v) is 1.71. The molecule has 0 radical (unpaired) electrons. The number of hydrogen-bond donors (Lipinski definition) is 2. The van der Waals surface area contributed by atoms with Crippen LogP contribution in [0, 0.1) is 5.82 Å². The van der Waals surface area contributed by atoms with Crippen LogP contribution >= 0.6 is 0 Å². The largest absolute Gasteiger partial charge is 0.484 e. The highest BCUT2D eigenvalue weighted by Crippen LogP contribution is 2.10. The number of carbonyl (C=O) groups is 1. The van der Waals surface area contributed by atoms with Gasteiger partial charge in [0.2, 0.25) is 0 Å². The van der Waals surface area contributed by atoms with Crippen molar-refractivity contribution in [2.24, 2.45) is 0 Å². The van der Waals surface area contributed by atoms with E-state index in [0.29, 0.717) is 12.3 Å². The van der Waals surface area contributed by atoms with Crippen molar-refractivity contribution in [2.45, 2.75) is 13.8 Å². The third kappa shape index (κ3) is 6.20. The van der Waals surface area contributed by atoms with E-state index in [1.54, 1.807) is 0 Å². The third-order valence-electron chi connectivity index (χ3n) is 2.98. The summed E-state index contributed by atoms with van der Waals surface area (Å²) in [6, 6.07) is 5.61. The zero-order valence-corrected chi connectivity index (χ0v) is 11.5. The Morgan fingerprint density at radius 2 is 1.89 bits per heavy atom. The number of halogens is 1. The highest BCUT2D eigenvalue weighted by Gasteiger charge is 2.05. The van der Waals surface area contributed by atoms with Crippen molar-refractivity contribution in [2.75, 3.05) is 32.8 Å². The zero-order chi connectivity index (χ0) is 14.1. The molecule has 0 heterocycles. The van der Waals surface area contributed by atoms with E-state index in [-0.39, 0.29) is 18.3 Å². The second kappa shape index (κ2) is 8.48. The van der Waals surface area contributed by atoms with Gasteiger partial charge >= 0.3 is 0 Å². The van der Waals surface area contributed by atoms with E-state index in [4.69, 9.17) is 4.74 Å². The molecule has 1 aromatic rings. The lowest BCUT2D eigenvalue weighted by atomic mass is 10.3. The molecule has 19 heavy (non-hydrogen) atoms. The molecule has 106 valence electrons. The van der Waals surface area contributed by atoms with E-state index in [9.17, 15) is 9.18 Å². The van der Waals surface area contributed by atoms with Gasteiger partial charge in [0.1, 0.15) is 11.6 Å². The van der Waals surface area contributed by atoms with Gasteiger partial charge in [-0.05, 0) is 38.1 Å². The van der Waals surface area contributed by atoms with Crippen LogP contribution in [0.4, 0.5) is 4.39 Å². The first-order valence-electron chi connectivity index (χ1n) is 6.64. The molecule has 5 heteroatoms. The number of nitrogens with one attached hydrogen (secondary N) is 2. The van der Waals surface area contributed by atoms with E-state index >= 15 is 0 Å². The fourth-order valence-electron chi connectivity index (χ4n) is 1.71. The molecule has 0 aromatic heterocycles. The van der Waals surface area contributed by atoms with Gasteiger partial charge in [-0.1, -0.05) is 0 Å². The fraction of sp³-hybridized carbons (Fsp3) is 0.500. The maximum absolute atomic E-state index is 12.7. The summed E-state index contributed by atoms with van der Waals surface area (Å²) in [6.07, 6.45) is 0. The van der Waals surface area contributed by atoms with Gasteiger partial charge in [0.25, 0.3) is 5.91 Å². The molecule has 0 bridgehead atoms. The van der Waals surface area contributed by atoms with E-state index in [2.05, 4.69) is 19.2 Å². The first kappa shape index (κ1) is 15.4. The molecule has 1 amide bonds. The summed E-state index contributed by atoms with van der Waals surface area (Å²) >= 11 is 0. The maximum Gasteiger partial charge on any atom is 0.258 e. The van der Waals surface area contributed by atoms with Crippen LogP contribution in [0.25, 0.3) is 0 Å². The molecule has 1 rings (SSSR count). The van der Waals surface area contributed by atoms with E-state index in [0.717, 1.165) is 19.6 Å². The molecule has 0 unspecified atom stereocenters. The molecule has 0 saturated carbocycles. The monoisotopic (exact) mass is 269 g/mol. The molecule has 1 aromatic carbocycles. The molecule has 0 aliphatic heterocycles. The molecule has 0 aliphatic carbocycles. The van der Waals surface area contributed by atoms with Gasteiger partial charge in [0, 0.05) is 0 Å². The number of benzene rings is 1. The Morgan fingerprint density at radius 3 is 2.47 bits per heavy atom. The molecule has 0 spiro atoms. The molecule has 0 aliphatic rings. The molecule has 0 atom stereocenters. The van der Waals surface area contributed by atoms with Crippen molar-refractivity contribution in [1.29, 1.82) is 0 Å². The summed E-state index contributed by atoms with van der Waals surface area (Å²) in [5, 5.41) is 2.80. The number of rotatable bonds is 8. The van der Waals surface area contributed by atoms with Crippen LogP contribution in [0.2, 0.25) is 0 Å². The minimum Gasteiger partial charge on any atom is -0.484 e. The lowest BCUT2D eigenvalue weighted by Crippen LogP contribution is -3.12. The first-order valence-corrected chi connectivity index (χ1v) is 6.64. The van der Waals surface area contributed by atoms with Crippen LogP contribution in [-0.4, -0.2) is 38.7 Å². The van der Waals surface area contributed by atoms with Crippen molar-refractivity contribution >= 4 is 5.91 Å². The SMILES string of the molecule is CC[NH+](CC)CCNC(=O)COc1ccc(F)cc1. The van der Waals surface area contributed by atoms with E-state index < -0.39 is 0 Å². The van der Waals surface area contributed by atoms with Crippen LogP contribution in [-0.2, 0) is 4.79 Å². The number of carbonyl (C=O) groups excluding carboxylic acids is 1. The van der Waals surface area contributed by atoms with Crippen LogP contribution in [0.3, 0.4) is 0 Å². The zero-order valence-electron chi connectivity index (χ0n) is 11.5. The Morgan fingerprint density at radius 1 is 1.26 bits per heavy atom. The Hall–Kier alpha value is -1.62. The average molecular weight is 269 g/mol. The molecule has 0 fully saturated rings. The normalized spacial score (nSPS) is 10.5. The predicted octanol–water partition coefficient (Wildman–Crippen LogP) is 0.245. The van der Waals surface area contributed by atoms with E-state index in [1.165, 1.54) is 29.2 Å². The van der Waals surface area contributed by atoms with Crippen LogP contribution in [0.1, 0.15) is 13.8 Å². The summed E-state index contributed by atoms with van der Waals surface area (Å²) in [6.45, 7) is 7.87. The standard InChI is InChI=1S/C14H21FN2O2/c1-3-17(4-2)10-9-16-14(18)11-19-13-7-5-12(15)6-8-13/h5-8H,3-4,9-11H2,1-2H3,(H,16,18)/p+1. The first-order chi connectivity index (χ1) is 9.15. The van der Waals surface area contributed by atoms with Crippen molar-refractivity contribution in [3.8, 4) is 5.75 Å². The van der Waals surface area contributed by atoms with Gasteiger partial charge in [0.15, 0.2) is 6.61 Å². The highest BCUT2D eigenvalue weighted by molar-refractivity contribution is 5.77. The van der Waals surface area contributed by atoms with Crippen LogP contribution < -0.4 is 15.0 Å². The third-order valence-corrected chi connectivity index (χ3v) is 2.98. The van der Waals surface area contributed by atoms with Crippen molar-refractivity contribution in [3.05, 3.63) is 30.1 Å². The second-order valence-corrected chi connectivity index (χ2v) is 4.30. The van der Waals surface area contributed by atoms with Crippen molar-refractivity contribution in [3.63, 3.8) is 0 Å². The van der Waals surface area contributed by atoms with Crippen molar-refractivity contribution < 1.29 is 18.8 Å². The van der Waals surface area contributed by atoms with Crippen molar-refractivity contribution in [1.82, 2.24) is 5.32 Å². The van der Waals surface area contributed by atoms with Gasteiger partial charge in [-0.3, -0.25) is 4.79 Å². The lowest BCUT2D eigenvalue weighted by molar-refractivity contribution is -0.895. The Balaban J connectivity index is 2.19. The Kier molecular flexibility index (Phi) is 6.89.